The first kappa shape index (κ1) is 14.0. The first-order chi connectivity index (χ1) is 9.84. The minimum absolute atomic E-state index is 0.209. The lowest BCUT2D eigenvalue weighted by Crippen LogP contribution is -2.18. The highest BCUT2D eigenvalue weighted by atomic mass is 32.2. The average molecular weight is 310 g/mol. The molecule has 3 rings (SSSR count). The second kappa shape index (κ2) is 4.81. The summed E-state index contributed by atoms with van der Waals surface area (Å²) in [5.74, 6) is -0.452. The molecule has 0 aliphatic carbocycles. The lowest BCUT2D eigenvalue weighted by atomic mass is 10.2. The number of ether oxygens (including phenoxy) is 1. The number of nitrogens with one attached hydrogen (secondary N) is 1. The molecule has 0 radical (unpaired) electrons. The molecule has 21 heavy (non-hydrogen) atoms. The van der Waals surface area contributed by atoms with E-state index in [1.165, 1.54) is 12.1 Å². The molecule has 0 saturated carbocycles. The Balaban J connectivity index is 1.93. The fourth-order valence-corrected chi connectivity index (χ4v) is 3.06. The predicted molar refractivity (Wildman–Crippen MR) is 73.7 cm³/mol. The van der Waals surface area contributed by atoms with Crippen molar-refractivity contribution in [2.75, 3.05) is 6.26 Å². The van der Waals surface area contributed by atoms with Gasteiger partial charge in [-0.3, -0.25) is 0 Å². The number of carboxylic acid groups (broad SMARTS) is 1. The number of aromatic nitrogens is 2. The van der Waals surface area contributed by atoms with Crippen LogP contribution in [0.4, 0.5) is 0 Å². The number of imidazole rings is 1. The van der Waals surface area contributed by atoms with Crippen LogP contribution in [0.2, 0.25) is 0 Å². The van der Waals surface area contributed by atoms with E-state index >= 15 is 0 Å². The van der Waals surface area contributed by atoms with Crippen LogP contribution in [0.3, 0.4) is 0 Å². The lowest BCUT2D eigenvalue weighted by molar-refractivity contribution is -0.149. The van der Waals surface area contributed by atoms with Crippen LogP contribution in [0, 0.1) is 0 Å². The third-order valence-corrected chi connectivity index (χ3v) is 4.61. The number of H-pyrrole nitrogens is 1. The van der Waals surface area contributed by atoms with Crippen molar-refractivity contribution < 1.29 is 23.1 Å². The molecule has 0 spiro atoms. The maximum atomic E-state index is 11.5. The molecule has 2 heterocycles. The number of nitrogens with zero attached hydrogens (tertiary/aromatic N) is 1. The summed E-state index contributed by atoms with van der Waals surface area (Å²) < 4.78 is 28.5. The van der Waals surface area contributed by atoms with Gasteiger partial charge < -0.3 is 14.8 Å². The number of benzene rings is 1. The smallest absolute Gasteiger partial charge is 0.332 e. The Bertz CT molecular complexity index is 811. The van der Waals surface area contributed by atoms with Crippen molar-refractivity contribution in [3.05, 3.63) is 24.0 Å². The second-order valence-electron chi connectivity index (χ2n) is 5.10. The number of aliphatic carboxylic acids is 1. The fraction of sp³-hybridized carbons (Fsp3) is 0.385. The van der Waals surface area contributed by atoms with Gasteiger partial charge in [-0.1, -0.05) is 0 Å². The molecule has 0 bridgehead atoms. The molecule has 1 aromatic carbocycles. The summed E-state index contributed by atoms with van der Waals surface area (Å²) in [5, 5.41) is 8.92. The lowest BCUT2D eigenvalue weighted by Gasteiger charge is -2.07. The van der Waals surface area contributed by atoms with E-state index in [1.807, 2.05) is 0 Å². The van der Waals surface area contributed by atoms with E-state index in [1.54, 1.807) is 6.07 Å². The molecule has 1 aliphatic rings. The third kappa shape index (κ3) is 2.64. The molecule has 1 fully saturated rings. The molecule has 2 aromatic rings. The standard InChI is InChI=1S/C13H14N2O5S/c1-21(18,19)7-2-3-8-9(6-7)15-12(14-8)10-4-5-11(20-10)13(16)17/h2-3,6,10-11H,4-5H2,1H3,(H,14,15)(H,16,17). The average Bonchev–Trinajstić information content (AvgIpc) is 3.03. The van der Waals surface area contributed by atoms with Crippen molar-refractivity contribution in [2.24, 2.45) is 0 Å². The molecule has 1 aliphatic heterocycles. The van der Waals surface area contributed by atoms with Gasteiger partial charge in [-0.25, -0.2) is 18.2 Å². The summed E-state index contributed by atoms with van der Waals surface area (Å²) in [6.07, 6.45) is 0.930. The van der Waals surface area contributed by atoms with E-state index < -0.39 is 28.0 Å². The summed E-state index contributed by atoms with van der Waals surface area (Å²) in [7, 11) is -3.28. The van der Waals surface area contributed by atoms with E-state index in [2.05, 4.69) is 9.97 Å². The van der Waals surface area contributed by atoms with Crippen LogP contribution in [-0.4, -0.2) is 41.8 Å². The van der Waals surface area contributed by atoms with E-state index in [0.717, 1.165) is 6.26 Å². The number of hydrogen-bond acceptors (Lipinski definition) is 5. The van der Waals surface area contributed by atoms with E-state index in [9.17, 15) is 13.2 Å². The van der Waals surface area contributed by atoms with Crippen LogP contribution in [0.25, 0.3) is 11.0 Å². The Morgan fingerprint density at radius 1 is 1.43 bits per heavy atom. The highest BCUT2D eigenvalue weighted by molar-refractivity contribution is 7.90. The van der Waals surface area contributed by atoms with Crippen LogP contribution in [0.5, 0.6) is 0 Å². The molecular formula is C13H14N2O5S. The summed E-state index contributed by atoms with van der Waals surface area (Å²) in [6, 6.07) is 4.64. The van der Waals surface area contributed by atoms with Gasteiger partial charge in [-0.05, 0) is 31.0 Å². The zero-order valence-corrected chi connectivity index (χ0v) is 12.1. The summed E-state index contributed by atoms with van der Waals surface area (Å²) >= 11 is 0. The summed E-state index contributed by atoms with van der Waals surface area (Å²) in [4.78, 5) is 18.5. The van der Waals surface area contributed by atoms with Crippen LogP contribution >= 0.6 is 0 Å². The molecule has 2 unspecified atom stereocenters. The van der Waals surface area contributed by atoms with Crippen molar-refractivity contribution in [3.63, 3.8) is 0 Å². The molecule has 7 nitrogen and oxygen atoms in total. The summed E-state index contributed by atoms with van der Waals surface area (Å²) in [6.45, 7) is 0. The highest BCUT2D eigenvalue weighted by Crippen LogP contribution is 2.32. The van der Waals surface area contributed by atoms with Gasteiger partial charge in [0.05, 0.1) is 15.9 Å². The maximum Gasteiger partial charge on any atom is 0.332 e. The van der Waals surface area contributed by atoms with Gasteiger partial charge in [0.2, 0.25) is 0 Å². The molecule has 2 atom stereocenters. The van der Waals surface area contributed by atoms with Gasteiger partial charge in [-0.2, -0.15) is 0 Å². The monoisotopic (exact) mass is 310 g/mol. The topological polar surface area (TPSA) is 109 Å². The minimum atomic E-state index is -3.28. The quantitative estimate of drug-likeness (QED) is 0.883. The number of sulfone groups is 1. The number of carboxylic acids is 1. The summed E-state index contributed by atoms with van der Waals surface area (Å²) in [5.41, 5.74) is 1.22. The number of rotatable bonds is 3. The van der Waals surface area contributed by atoms with Crippen molar-refractivity contribution in [2.45, 2.75) is 29.9 Å². The third-order valence-electron chi connectivity index (χ3n) is 3.50. The van der Waals surface area contributed by atoms with E-state index in [0.29, 0.717) is 29.7 Å². The normalized spacial score (nSPS) is 22.7. The van der Waals surface area contributed by atoms with Crippen molar-refractivity contribution >= 4 is 26.8 Å². The van der Waals surface area contributed by atoms with Gasteiger partial charge in [0.25, 0.3) is 0 Å². The minimum Gasteiger partial charge on any atom is -0.479 e. The van der Waals surface area contributed by atoms with Gasteiger partial charge in [0, 0.05) is 6.26 Å². The number of aromatic amines is 1. The Kier molecular flexibility index (Phi) is 3.22. The Morgan fingerprint density at radius 3 is 2.81 bits per heavy atom. The maximum absolute atomic E-state index is 11.5. The van der Waals surface area contributed by atoms with Crippen molar-refractivity contribution in [1.29, 1.82) is 0 Å². The van der Waals surface area contributed by atoms with Gasteiger partial charge in [0.1, 0.15) is 11.9 Å². The molecule has 8 heteroatoms. The van der Waals surface area contributed by atoms with Crippen LogP contribution < -0.4 is 0 Å². The van der Waals surface area contributed by atoms with Gasteiger partial charge in [0.15, 0.2) is 15.9 Å². The molecule has 0 amide bonds. The number of carbonyl (C=O) groups is 1. The number of fused-ring (bicyclic) bond motifs is 1. The highest BCUT2D eigenvalue weighted by Gasteiger charge is 2.33. The van der Waals surface area contributed by atoms with Crippen LogP contribution in [-0.2, 0) is 19.4 Å². The largest absolute Gasteiger partial charge is 0.479 e. The molecule has 112 valence electrons. The predicted octanol–water partition coefficient (Wildman–Crippen LogP) is 1.27. The van der Waals surface area contributed by atoms with Gasteiger partial charge >= 0.3 is 5.97 Å². The Hall–Kier alpha value is -1.93. The molecule has 1 saturated heterocycles. The van der Waals surface area contributed by atoms with Crippen LogP contribution in [0.1, 0.15) is 24.8 Å². The SMILES string of the molecule is CS(=O)(=O)c1ccc2nc(C3CCC(C(=O)O)O3)[nH]c2c1. The molecular weight excluding hydrogens is 296 g/mol. The van der Waals surface area contributed by atoms with Gasteiger partial charge in [-0.15, -0.1) is 0 Å². The van der Waals surface area contributed by atoms with E-state index in [-0.39, 0.29) is 4.90 Å². The van der Waals surface area contributed by atoms with Crippen molar-refractivity contribution in [3.8, 4) is 0 Å². The zero-order valence-electron chi connectivity index (χ0n) is 11.2. The first-order valence-corrected chi connectivity index (χ1v) is 8.32. The van der Waals surface area contributed by atoms with Crippen LogP contribution in [0.15, 0.2) is 23.1 Å². The zero-order chi connectivity index (χ0) is 15.2. The second-order valence-corrected chi connectivity index (χ2v) is 7.12. The Labute approximate surface area is 120 Å². The molecule has 1 aromatic heterocycles. The molecule has 2 N–H and O–H groups in total. The van der Waals surface area contributed by atoms with Crippen molar-refractivity contribution in [1.82, 2.24) is 9.97 Å². The Morgan fingerprint density at radius 2 is 2.19 bits per heavy atom. The fourth-order valence-electron chi connectivity index (χ4n) is 2.41. The van der Waals surface area contributed by atoms with E-state index in [4.69, 9.17) is 9.84 Å². The number of hydrogen-bond donors (Lipinski definition) is 2. The first-order valence-electron chi connectivity index (χ1n) is 6.42.